The van der Waals surface area contributed by atoms with E-state index in [9.17, 15) is 0 Å². The van der Waals surface area contributed by atoms with Gasteiger partial charge in [0.25, 0.3) is 0 Å². The fraction of sp³-hybridized carbons (Fsp3) is 0.462. The van der Waals surface area contributed by atoms with E-state index < -0.39 is 0 Å². The van der Waals surface area contributed by atoms with Gasteiger partial charge in [0.1, 0.15) is 18.4 Å². The van der Waals surface area contributed by atoms with Crippen LogP contribution < -0.4 is 4.74 Å². The first kappa shape index (κ1) is 14.0. The van der Waals surface area contributed by atoms with Crippen LogP contribution in [0.1, 0.15) is 19.4 Å². The van der Waals surface area contributed by atoms with Gasteiger partial charge in [-0.15, -0.1) is 0 Å². The first-order chi connectivity index (χ1) is 8.21. The first-order valence-corrected chi connectivity index (χ1v) is 6.55. The minimum absolute atomic E-state index is 0.577. The highest BCUT2D eigenvalue weighted by molar-refractivity contribution is 9.10. The number of hydrogen-bond acceptors (Lipinski definition) is 3. The SMILES string of the molecule is CCN(CC)CCOc1cc(Br)ccc1C#N. The van der Waals surface area contributed by atoms with Crippen molar-refractivity contribution in [1.82, 2.24) is 4.90 Å². The molecule has 0 N–H and O–H groups in total. The fourth-order valence-electron chi connectivity index (χ4n) is 1.53. The van der Waals surface area contributed by atoms with Gasteiger partial charge in [-0.3, -0.25) is 0 Å². The maximum atomic E-state index is 8.95. The van der Waals surface area contributed by atoms with Crippen LogP contribution in [-0.4, -0.2) is 31.1 Å². The Morgan fingerprint density at radius 3 is 2.65 bits per heavy atom. The number of nitriles is 1. The Morgan fingerprint density at radius 2 is 2.06 bits per heavy atom. The monoisotopic (exact) mass is 296 g/mol. The lowest BCUT2D eigenvalue weighted by Crippen LogP contribution is -2.28. The lowest BCUT2D eigenvalue weighted by molar-refractivity contribution is 0.222. The van der Waals surface area contributed by atoms with Crippen LogP contribution in [0.15, 0.2) is 22.7 Å². The zero-order chi connectivity index (χ0) is 12.7. The average Bonchev–Trinajstić information content (AvgIpc) is 2.35. The van der Waals surface area contributed by atoms with Crippen LogP contribution in [0, 0.1) is 11.3 Å². The average molecular weight is 297 g/mol. The third-order valence-corrected chi connectivity index (χ3v) is 3.12. The van der Waals surface area contributed by atoms with Crippen molar-refractivity contribution in [2.24, 2.45) is 0 Å². The molecule has 1 rings (SSSR count). The maximum absolute atomic E-state index is 8.95. The smallest absolute Gasteiger partial charge is 0.138 e. The minimum atomic E-state index is 0.577. The van der Waals surface area contributed by atoms with Crippen molar-refractivity contribution < 1.29 is 4.74 Å². The van der Waals surface area contributed by atoms with Gasteiger partial charge in [0, 0.05) is 11.0 Å². The molecule has 0 bridgehead atoms. The molecule has 0 atom stereocenters. The first-order valence-electron chi connectivity index (χ1n) is 5.76. The number of nitrogens with zero attached hydrogens (tertiary/aromatic N) is 2. The van der Waals surface area contributed by atoms with Crippen molar-refractivity contribution in [1.29, 1.82) is 5.26 Å². The van der Waals surface area contributed by atoms with Crippen molar-refractivity contribution >= 4 is 15.9 Å². The van der Waals surface area contributed by atoms with Gasteiger partial charge < -0.3 is 9.64 Å². The molecule has 0 heterocycles. The van der Waals surface area contributed by atoms with E-state index in [0.29, 0.717) is 17.9 Å². The quantitative estimate of drug-likeness (QED) is 0.809. The molecule has 0 amide bonds. The summed E-state index contributed by atoms with van der Waals surface area (Å²) in [5.74, 6) is 0.647. The summed E-state index contributed by atoms with van der Waals surface area (Å²) in [6.07, 6.45) is 0. The number of hydrogen-bond donors (Lipinski definition) is 0. The molecule has 0 saturated carbocycles. The molecule has 17 heavy (non-hydrogen) atoms. The van der Waals surface area contributed by atoms with Crippen molar-refractivity contribution in [2.75, 3.05) is 26.2 Å². The van der Waals surface area contributed by atoms with Gasteiger partial charge in [0.05, 0.1) is 5.56 Å². The van der Waals surface area contributed by atoms with Crippen LogP contribution in [0.4, 0.5) is 0 Å². The Labute approximate surface area is 111 Å². The lowest BCUT2D eigenvalue weighted by atomic mass is 10.2. The number of rotatable bonds is 6. The Kier molecular flexibility index (Phi) is 6.03. The number of likely N-dealkylation sites (N-methyl/N-ethyl adjacent to an activating group) is 1. The van der Waals surface area contributed by atoms with E-state index in [1.165, 1.54) is 0 Å². The molecule has 1 aromatic rings. The molecule has 0 aliphatic rings. The van der Waals surface area contributed by atoms with Crippen LogP contribution in [0.25, 0.3) is 0 Å². The zero-order valence-corrected chi connectivity index (χ0v) is 11.8. The van der Waals surface area contributed by atoms with E-state index in [0.717, 1.165) is 24.1 Å². The Morgan fingerprint density at radius 1 is 1.35 bits per heavy atom. The molecule has 0 saturated heterocycles. The van der Waals surface area contributed by atoms with Gasteiger partial charge in [-0.05, 0) is 31.3 Å². The third kappa shape index (κ3) is 4.37. The predicted molar refractivity (Wildman–Crippen MR) is 72.1 cm³/mol. The Hall–Kier alpha value is -1.05. The lowest BCUT2D eigenvalue weighted by Gasteiger charge is -2.18. The fourth-order valence-corrected chi connectivity index (χ4v) is 1.87. The standard InChI is InChI=1S/C13H17BrN2O/c1-3-16(4-2)7-8-17-13-9-12(14)6-5-11(13)10-15/h5-6,9H,3-4,7-8H2,1-2H3. The molecule has 1 aromatic carbocycles. The van der Waals surface area contributed by atoms with Gasteiger partial charge in [-0.25, -0.2) is 0 Å². The highest BCUT2D eigenvalue weighted by atomic mass is 79.9. The van der Waals surface area contributed by atoms with Crippen LogP contribution in [0.3, 0.4) is 0 Å². The summed E-state index contributed by atoms with van der Waals surface area (Å²) in [7, 11) is 0. The molecule has 0 radical (unpaired) electrons. The van der Waals surface area contributed by atoms with Crippen molar-refractivity contribution in [3.63, 3.8) is 0 Å². The van der Waals surface area contributed by atoms with Gasteiger partial charge in [0.15, 0.2) is 0 Å². The summed E-state index contributed by atoms with van der Waals surface area (Å²) in [4.78, 5) is 2.28. The van der Waals surface area contributed by atoms with Crippen molar-refractivity contribution in [3.05, 3.63) is 28.2 Å². The Balaban J connectivity index is 2.57. The number of ether oxygens (including phenoxy) is 1. The minimum Gasteiger partial charge on any atom is -0.491 e. The van der Waals surface area contributed by atoms with E-state index >= 15 is 0 Å². The summed E-state index contributed by atoms with van der Waals surface area (Å²) < 4.78 is 6.57. The van der Waals surface area contributed by atoms with Gasteiger partial charge in [-0.2, -0.15) is 5.26 Å². The maximum Gasteiger partial charge on any atom is 0.138 e. The normalized spacial score (nSPS) is 10.3. The number of halogens is 1. The third-order valence-electron chi connectivity index (χ3n) is 2.62. The summed E-state index contributed by atoms with van der Waals surface area (Å²) in [5.41, 5.74) is 0.577. The van der Waals surface area contributed by atoms with Crippen molar-refractivity contribution in [3.8, 4) is 11.8 Å². The molecule has 3 nitrogen and oxygen atoms in total. The molecule has 0 spiro atoms. The molecular formula is C13H17BrN2O. The number of benzene rings is 1. The van der Waals surface area contributed by atoms with E-state index in [1.54, 1.807) is 6.07 Å². The largest absolute Gasteiger partial charge is 0.491 e. The van der Waals surface area contributed by atoms with E-state index in [1.807, 2.05) is 12.1 Å². The predicted octanol–water partition coefficient (Wildman–Crippen LogP) is 3.04. The Bertz CT molecular complexity index is 397. The van der Waals surface area contributed by atoms with E-state index in [-0.39, 0.29) is 0 Å². The van der Waals surface area contributed by atoms with E-state index in [4.69, 9.17) is 10.00 Å². The van der Waals surface area contributed by atoms with E-state index in [2.05, 4.69) is 40.7 Å². The molecule has 0 unspecified atom stereocenters. The van der Waals surface area contributed by atoms with Crippen LogP contribution in [-0.2, 0) is 0 Å². The van der Waals surface area contributed by atoms with Crippen molar-refractivity contribution in [2.45, 2.75) is 13.8 Å². The van der Waals surface area contributed by atoms with Crippen LogP contribution >= 0.6 is 15.9 Å². The second-order valence-electron chi connectivity index (χ2n) is 3.63. The molecule has 92 valence electrons. The summed E-state index contributed by atoms with van der Waals surface area (Å²) >= 11 is 3.37. The second-order valence-corrected chi connectivity index (χ2v) is 4.54. The molecule has 4 heteroatoms. The van der Waals surface area contributed by atoms with Gasteiger partial charge >= 0.3 is 0 Å². The zero-order valence-electron chi connectivity index (χ0n) is 10.2. The molecule has 0 aliphatic carbocycles. The summed E-state index contributed by atoms with van der Waals surface area (Å²) in [5, 5.41) is 8.95. The summed E-state index contributed by atoms with van der Waals surface area (Å²) in [6.45, 7) is 7.77. The molecule has 0 fully saturated rings. The molecule has 0 aliphatic heterocycles. The molecular weight excluding hydrogens is 280 g/mol. The highest BCUT2D eigenvalue weighted by Gasteiger charge is 2.05. The topological polar surface area (TPSA) is 36.3 Å². The van der Waals surface area contributed by atoms with Crippen LogP contribution in [0.2, 0.25) is 0 Å². The highest BCUT2D eigenvalue weighted by Crippen LogP contribution is 2.22. The van der Waals surface area contributed by atoms with Gasteiger partial charge in [-0.1, -0.05) is 29.8 Å². The molecule has 0 aromatic heterocycles. The van der Waals surface area contributed by atoms with Gasteiger partial charge in [0.2, 0.25) is 0 Å². The second kappa shape index (κ2) is 7.31. The summed E-state index contributed by atoms with van der Waals surface area (Å²) in [6, 6.07) is 7.57. The van der Waals surface area contributed by atoms with Crippen LogP contribution in [0.5, 0.6) is 5.75 Å².